The fraction of sp³-hybridized carbons (Fsp3) is 0.286. The van der Waals surface area contributed by atoms with Crippen LogP contribution >= 0.6 is 0 Å². The van der Waals surface area contributed by atoms with Gasteiger partial charge in [-0.05, 0) is 18.2 Å². The molecular weight excluding hydrogens is 278 g/mol. The van der Waals surface area contributed by atoms with E-state index in [2.05, 4.69) is 14.5 Å². The predicted octanol–water partition coefficient (Wildman–Crippen LogP) is 1.28. The number of rotatable bonds is 4. The summed E-state index contributed by atoms with van der Waals surface area (Å²) in [5, 5.41) is 0. The highest BCUT2D eigenvalue weighted by atomic mass is 16.5. The first kappa shape index (κ1) is 14.7. The molecule has 0 amide bonds. The summed E-state index contributed by atoms with van der Waals surface area (Å²) < 4.78 is 14.3. The molecule has 7 heteroatoms. The summed E-state index contributed by atoms with van der Waals surface area (Å²) in [6, 6.07) is 4.47. The van der Waals surface area contributed by atoms with Crippen molar-refractivity contribution in [2.75, 3.05) is 14.2 Å². The van der Waals surface area contributed by atoms with Crippen LogP contribution in [0.5, 0.6) is 0 Å². The van der Waals surface area contributed by atoms with Gasteiger partial charge < -0.3 is 13.9 Å². The molecule has 1 heterocycles. The van der Waals surface area contributed by atoms with E-state index >= 15 is 0 Å². The molecule has 110 valence electrons. The van der Waals surface area contributed by atoms with E-state index in [0.717, 1.165) is 14.2 Å². The van der Waals surface area contributed by atoms with Crippen LogP contribution in [0.25, 0.3) is 11.1 Å². The van der Waals surface area contributed by atoms with Gasteiger partial charge in [0.2, 0.25) is 5.92 Å². The van der Waals surface area contributed by atoms with Crippen molar-refractivity contribution in [3.63, 3.8) is 0 Å². The lowest BCUT2D eigenvalue weighted by atomic mass is 9.97. The Morgan fingerprint density at radius 2 is 1.76 bits per heavy atom. The van der Waals surface area contributed by atoms with E-state index in [-0.39, 0.29) is 5.56 Å². The molecule has 21 heavy (non-hydrogen) atoms. The smallest absolute Gasteiger partial charge is 0.328 e. The Kier molecular flexibility index (Phi) is 4.02. The van der Waals surface area contributed by atoms with Gasteiger partial charge in [-0.15, -0.1) is 0 Å². The second kappa shape index (κ2) is 5.74. The van der Waals surface area contributed by atoms with Crippen LogP contribution in [0.4, 0.5) is 0 Å². The number of carbonyl (C=O) groups excluding carboxylic acids is 3. The van der Waals surface area contributed by atoms with Crippen molar-refractivity contribution in [3.8, 4) is 0 Å². The second-order valence-electron chi connectivity index (χ2n) is 4.26. The molecule has 0 spiro atoms. The lowest BCUT2D eigenvalue weighted by Crippen LogP contribution is -2.33. The summed E-state index contributed by atoms with van der Waals surface area (Å²) >= 11 is 0. The number of benzene rings is 1. The largest absolute Gasteiger partial charge is 0.468 e. The van der Waals surface area contributed by atoms with Gasteiger partial charge in [0.1, 0.15) is 5.52 Å². The third-order valence-corrected chi connectivity index (χ3v) is 2.92. The molecule has 0 fully saturated rings. The fourth-order valence-corrected chi connectivity index (χ4v) is 1.91. The molecule has 0 saturated carbocycles. The Bertz CT molecular complexity index is 701. The van der Waals surface area contributed by atoms with E-state index in [1.54, 1.807) is 13.0 Å². The molecular formula is C14H13NO6. The maximum Gasteiger partial charge on any atom is 0.328 e. The Hall–Kier alpha value is -2.70. The van der Waals surface area contributed by atoms with Gasteiger partial charge in [-0.25, -0.2) is 4.98 Å². The molecule has 2 rings (SSSR count). The molecule has 1 aromatic heterocycles. The molecule has 1 aromatic carbocycles. The number of ether oxygens (including phenoxy) is 2. The van der Waals surface area contributed by atoms with Crippen LogP contribution in [0.15, 0.2) is 22.6 Å². The maximum atomic E-state index is 12.3. The Labute approximate surface area is 119 Å². The summed E-state index contributed by atoms with van der Waals surface area (Å²) in [5.74, 6) is -3.86. The van der Waals surface area contributed by atoms with Crippen molar-refractivity contribution in [3.05, 3.63) is 29.7 Å². The number of nitrogens with zero attached hydrogens (tertiary/aromatic N) is 1. The van der Waals surface area contributed by atoms with E-state index in [0.29, 0.717) is 17.0 Å². The first-order chi connectivity index (χ1) is 9.97. The molecule has 0 aliphatic carbocycles. The summed E-state index contributed by atoms with van der Waals surface area (Å²) in [4.78, 5) is 39.7. The number of hydrogen-bond acceptors (Lipinski definition) is 7. The standard InChI is InChI=1S/C14H13NO6/c1-7-15-9-5-4-8(6-10(9)21-7)12(16)11(13(17)19-2)14(18)20-3/h4-6,11H,1-3H3. The number of esters is 2. The van der Waals surface area contributed by atoms with Crippen molar-refractivity contribution >= 4 is 28.8 Å². The third kappa shape index (κ3) is 2.76. The number of hydrogen-bond donors (Lipinski definition) is 0. The van der Waals surface area contributed by atoms with Gasteiger partial charge in [0.05, 0.1) is 14.2 Å². The average Bonchev–Trinajstić information content (AvgIpc) is 2.85. The van der Waals surface area contributed by atoms with Gasteiger partial charge in [-0.2, -0.15) is 0 Å². The minimum Gasteiger partial charge on any atom is -0.468 e. The molecule has 0 N–H and O–H groups in total. The number of aryl methyl sites for hydroxylation is 1. The van der Waals surface area contributed by atoms with E-state index < -0.39 is 23.6 Å². The molecule has 0 aliphatic rings. The summed E-state index contributed by atoms with van der Waals surface area (Å²) in [7, 11) is 2.18. The lowest BCUT2D eigenvalue weighted by molar-refractivity contribution is -0.155. The van der Waals surface area contributed by atoms with Crippen LogP contribution in [0.1, 0.15) is 16.2 Å². The van der Waals surface area contributed by atoms with E-state index in [1.807, 2.05) is 0 Å². The third-order valence-electron chi connectivity index (χ3n) is 2.92. The fourth-order valence-electron chi connectivity index (χ4n) is 1.91. The van der Waals surface area contributed by atoms with Crippen molar-refractivity contribution < 1.29 is 28.3 Å². The van der Waals surface area contributed by atoms with Crippen LogP contribution in [-0.2, 0) is 19.1 Å². The van der Waals surface area contributed by atoms with Crippen LogP contribution in [0.2, 0.25) is 0 Å². The lowest BCUT2D eigenvalue weighted by Gasteiger charge is -2.11. The highest BCUT2D eigenvalue weighted by Crippen LogP contribution is 2.20. The summed E-state index contributed by atoms with van der Waals surface area (Å²) in [6.07, 6.45) is 0. The van der Waals surface area contributed by atoms with Gasteiger partial charge in [-0.3, -0.25) is 14.4 Å². The average molecular weight is 291 g/mol. The topological polar surface area (TPSA) is 95.7 Å². The van der Waals surface area contributed by atoms with Gasteiger partial charge in [0, 0.05) is 12.5 Å². The van der Waals surface area contributed by atoms with E-state index in [4.69, 9.17) is 4.42 Å². The highest BCUT2D eigenvalue weighted by molar-refractivity contribution is 6.21. The first-order valence-corrected chi connectivity index (χ1v) is 6.05. The summed E-state index contributed by atoms with van der Waals surface area (Å²) in [5.41, 5.74) is 1.11. The van der Waals surface area contributed by atoms with Gasteiger partial charge in [0.15, 0.2) is 17.3 Å². The van der Waals surface area contributed by atoms with Crippen molar-refractivity contribution in [2.24, 2.45) is 5.92 Å². The van der Waals surface area contributed by atoms with Crippen LogP contribution in [0, 0.1) is 12.8 Å². The minimum absolute atomic E-state index is 0.138. The number of aromatic nitrogens is 1. The number of carbonyl (C=O) groups is 3. The van der Waals surface area contributed by atoms with E-state index in [9.17, 15) is 14.4 Å². The normalized spacial score (nSPS) is 10.7. The van der Waals surface area contributed by atoms with Crippen molar-refractivity contribution in [1.82, 2.24) is 4.98 Å². The molecule has 0 unspecified atom stereocenters. The number of Topliss-reactive ketones (excluding diaryl/α,β-unsaturated/α-hetero) is 1. The minimum atomic E-state index is -1.65. The zero-order chi connectivity index (χ0) is 15.6. The Morgan fingerprint density at radius 3 is 2.33 bits per heavy atom. The quantitative estimate of drug-likeness (QED) is 0.475. The molecule has 0 bridgehead atoms. The van der Waals surface area contributed by atoms with Crippen LogP contribution in [-0.4, -0.2) is 36.9 Å². The molecule has 7 nitrogen and oxygen atoms in total. The van der Waals surface area contributed by atoms with Crippen LogP contribution in [0.3, 0.4) is 0 Å². The van der Waals surface area contributed by atoms with Gasteiger partial charge >= 0.3 is 11.9 Å². The maximum absolute atomic E-state index is 12.3. The monoisotopic (exact) mass is 291 g/mol. The molecule has 0 radical (unpaired) electrons. The Balaban J connectivity index is 2.42. The molecule has 0 aliphatic heterocycles. The first-order valence-electron chi connectivity index (χ1n) is 6.05. The Morgan fingerprint density at radius 1 is 1.14 bits per heavy atom. The summed E-state index contributed by atoms with van der Waals surface area (Å²) in [6.45, 7) is 1.67. The van der Waals surface area contributed by atoms with Gasteiger partial charge in [-0.1, -0.05) is 0 Å². The number of ketones is 1. The molecule has 0 atom stereocenters. The number of oxazole rings is 1. The highest BCUT2D eigenvalue weighted by Gasteiger charge is 2.37. The number of methoxy groups -OCH3 is 2. The van der Waals surface area contributed by atoms with Crippen LogP contribution < -0.4 is 0 Å². The zero-order valence-corrected chi connectivity index (χ0v) is 11.7. The van der Waals surface area contributed by atoms with Crippen molar-refractivity contribution in [1.29, 1.82) is 0 Å². The van der Waals surface area contributed by atoms with E-state index in [1.165, 1.54) is 12.1 Å². The van der Waals surface area contributed by atoms with Gasteiger partial charge in [0.25, 0.3) is 0 Å². The SMILES string of the molecule is COC(=O)C(C(=O)OC)C(=O)c1ccc2nc(C)oc2c1. The zero-order valence-electron chi connectivity index (χ0n) is 11.7. The van der Waals surface area contributed by atoms with Crippen molar-refractivity contribution in [2.45, 2.75) is 6.92 Å². The predicted molar refractivity (Wildman–Crippen MR) is 70.6 cm³/mol. The molecule has 0 saturated heterocycles. The molecule has 2 aromatic rings. The number of fused-ring (bicyclic) bond motifs is 1. The second-order valence-corrected chi connectivity index (χ2v) is 4.26.